The summed E-state index contributed by atoms with van der Waals surface area (Å²) in [5.74, 6) is -0.491. The molecule has 8 nitrogen and oxygen atoms in total. The number of fused-ring (bicyclic) bond motifs is 1. The van der Waals surface area contributed by atoms with Crippen molar-refractivity contribution in [2.45, 2.75) is 141 Å². The van der Waals surface area contributed by atoms with E-state index in [0.29, 0.717) is 19.0 Å². The molecule has 0 radical (unpaired) electrons. The summed E-state index contributed by atoms with van der Waals surface area (Å²) in [7, 11) is -4.13. The first-order valence-corrected chi connectivity index (χ1v) is 19.1. The number of para-hydroxylation sites is 1. The number of carbonyl (C=O) groups is 1. The number of ether oxygens (including phenoxy) is 1. The molecule has 0 bridgehead atoms. The fourth-order valence-corrected chi connectivity index (χ4v) is 7.12. The summed E-state index contributed by atoms with van der Waals surface area (Å²) in [6.45, 7) is 9.26. The van der Waals surface area contributed by atoms with Gasteiger partial charge in [0.15, 0.2) is 0 Å². The van der Waals surface area contributed by atoms with E-state index in [0.717, 1.165) is 36.6 Å². The Bertz CT molecular complexity index is 1370. The van der Waals surface area contributed by atoms with Gasteiger partial charge in [0.2, 0.25) is 0 Å². The fraction of sp³-hybridized carbons (Fsp3) is 0.622. The number of aromatic carboxylic acids is 1. The van der Waals surface area contributed by atoms with Gasteiger partial charge in [0.1, 0.15) is 17.1 Å². The highest BCUT2D eigenvalue weighted by molar-refractivity contribution is 7.89. The molecule has 2 N–H and O–H groups in total. The summed E-state index contributed by atoms with van der Waals surface area (Å²) in [6.07, 6.45) is 20.5. The second-order valence-corrected chi connectivity index (χ2v) is 14.7. The number of nitrogens with zero attached hydrogens (tertiary/aromatic N) is 2. The van der Waals surface area contributed by atoms with E-state index in [9.17, 15) is 18.3 Å². The molecule has 1 aliphatic heterocycles. The summed E-state index contributed by atoms with van der Waals surface area (Å²) in [4.78, 5) is 16.2. The number of anilines is 1. The fourth-order valence-electron chi connectivity index (χ4n) is 6.29. The van der Waals surface area contributed by atoms with Crippen LogP contribution in [0.2, 0.25) is 0 Å². The van der Waals surface area contributed by atoms with Gasteiger partial charge < -0.3 is 14.7 Å². The van der Waals surface area contributed by atoms with E-state index in [-0.39, 0.29) is 16.2 Å². The Morgan fingerprint density at radius 1 is 0.826 bits per heavy atom. The van der Waals surface area contributed by atoms with Gasteiger partial charge in [-0.2, -0.15) is 18.4 Å². The van der Waals surface area contributed by atoms with Crippen molar-refractivity contribution in [2.24, 2.45) is 5.10 Å². The molecule has 0 fully saturated rings. The lowest BCUT2D eigenvalue weighted by Crippen LogP contribution is -2.38. The van der Waals surface area contributed by atoms with Gasteiger partial charge in [-0.05, 0) is 57.0 Å². The van der Waals surface area contributed by atoms with Crippen molar-refractivity contribution in [3.8, 4) is 5.75 Å². The number of hydrogen-bond acceptors (Lipinski definition) is 5. The van der Waals surface area contributed by atoms with Crippen LogP contribution in [-0.2, 0) is 15.4 Å². The molecule has 256 valence electrons. The zero-order valence-corrected chi connectivity index (χ0v) is 29.5. The third kappa shape index (κ3) is 10.7. The smallest absolute Gasteiger partial charge is 0.339 e. The molecule has 0 atom stereocenters. The van der Waals surface area contributed by atoms with E-state index in [2.05, 4.69) is 16.9 Å². The Hall–Kier alpha value is -3.07. The number of nitrogens with one attached hydrogen (secondary N) is 1. The number of benzene rings is 2. The van der Waals surface area contributed by atoms with Crippen LogP contribution in [-0.4, -0.2) is 38.5 Å². The van der Waals surface area contributed by atoms with Gasteiger partial charge >= 0.3 is 5.97 Å². The van der Waals surface area contributed by atoms with Crippen LogP contribution in [0, 0.1) is 0 Å². The molecular weight excluding hydrogens is 598 g/mol. The number of amidine groups is 1. The average Bonchev–Trinajstić information content (AvgIpc) is 3.26. The summed E-state index contributed by atoms with van der Waals surface area (Å²) < 4.78 is 32.2. The molecular formula is C37H57N3O5S. The van der Waals surface area contributed by atoms with Crippen LogP contribution < -0.4 is 14.5 Å². The summed E-state index contributed by atoms with van der Waals surface area (Å²) in [5.41, 5.74) is 1.36. The average molecular weight is 656 g/mol. The van der Waals surface area contributed by atoms with Gasteiger partial charge in [-0.1, -0.05) is 121 Å². The highest BCUT2D eigenvalue weighted by Crippen LogP contribution is 2.41. The van der Waals surface area contributed by atoms with Crippen LogP contribution in [0.25, 0.3) is 0 Å². The molecule has 0 saturated heterocycles. The second kappa shape index (κ2) is 18.9. The minimum absolute atomic E-state index is 0.170. The number of likely N-dealkylation sites (N-methyl/N-ethyl adjacent to an activating group) is 1. The molecule has 46 heavy (non-hydrogen) atoms. The molecule has 0 saturated carbocycles. The lowest BCUT2D eigenvalue weighted by molar-refractivity contribution is 0.0691. The monoisotopic (exact) mass is 655 g/mol. The van der Waals surface area contributed by atoms with Gasteiger partial charge in [0.25, 0.3) is 10.0 Å². The SMILES string of the molecule is CCCCCCCCCCCCCCCCCCOc1ccc(S(=O)(=O)N/N=C2/N(CC)c3ccccc3C2(C)C)cc1C(=O)O. The quantitative estimate of drug-likeness (QED) is 0.0912. The number of unbranched alkanes of at least 4 members (excludes halogenated alkanes) is 15. The number of sulfonamides is 1. The van der Waals surface area contributed by atoms with Crippen LogP contribution in [0.4, 0.5) is 5.69 Å². The van der Waals surface area contributed by atoms with Gasteiger partial charge in [0, 0.05) is 12.2 Å². The Kier molecular flexibility index (Phi) is 15.4. The third-order valence-corrected chi connectivity index (χ3v) is 10.2. The van der Waals surface area contributed by atoms with Crippen molar-refractivity contribution in [2.75, 3.05) is 18.1 Å². The highest BCUT2D eigenvalue weighted by Gasteiger charge is 2.41. The van der Waals surface area contributed by atoms with Crippen LogP contribution in [0.1, 0.15) is 146 Å². The van der Waals surface area contributed by atoms with E-state index >= 15 is 0 Å². The normalized spacial score (nSPS) is 14.9. The first kappa shape index (κ1) is 37.4. The van der Waals surface area contributed by atoms with E-state index in [4.69, 9.17) is 4.74 Å². The summed E-state index contributed by atoms with van der Waals surface area (Å²) in [5, 5.41) is 14.1. The maximum atomic E-state index is 13.2. The second-order valence-electron chi connectivity index (χ2n) is 13.0. The van der Waals surface area contributed by atoms with Crippen LogP contribution in [0.3, 0.4) is 0 Å². The van der Waals surface area contributed by atoms with E-state index in [1.165, 1.54) is 95.6 Å². The zero-order valence-electron chi connectivity index (χ0n) is 28.7. The standard InChI is InChI=1S/C37H57N3O5S/c1-5-7-8-9-10-11-12-13-14-15-16-17-18-19-20-23-28-45-34-27-26-30(29-31(34)35(41)42)46(43,44)39-38-36-37(3,4)32-24-21-22-25-33(32)40(36)6-2/h21-22,24-27,29,39H,5-20,23,28H2,1-4H3,(H,41,42)/b38-36+. The molecule has 3 rings (SSSR count). The van der Waals surface area contributed by atoms with Crippen molar-refractivity contribution in [1.29, 1.82) is 0 Å². The minimum atomic E-state index is -4.13. The number of hydrogen-bond donors (Lipinski definition) is 2. The van der Waals surface area contributed by atoms with Crippen molar-refractivity contribution < 1.29 is 23.1 Å². The number of carboxylic acids is 1. The maximum Gasteiger partial charge on any atom is 0.339 e. The Morgan fingerprint density at radius 3 is 1.91 bits per heavy atom. The Balaban J connectivity index is 1.40. The van der Waals surface area contributed by atoms with Crippen molar-refractivity contribution in [3.05, 3.63) is 53.6 Å². The summed E-state index contributed by atoms with van der Waals surface area (Å²) in [6, 6.07) is 11.8. The van der Waals surface area contributed by atoms with Crippen LogP contribution in [0.5, 0.6) is 5.75 Å². The predicted molar refractivity (Wildman–Crippen MR) is 189 cm³/mol. The lowest BCUT2D eigenvalue weighted by Gasteiger charge is -2.24. The highest BCUT2D eigenvalue weighted by atomic mass is 32.2. The molecule has 2 aromatic carbocycles. The number of carboxylic acid groups (broad SMARTS) is 1. The van der Waals surface area contributed by atoms with E-state index in [1.807, 2.05) is 49.9 Å². The third-order valence-electron chi connectivity index (χ3n) is 9.02. The zero-order chi connectivity index (χ0) is 33.4. The predicted octanol–water partition coefficient (Wildman–Crippen LogP) is 9.43. The minimum Gasteiger partial charge on any atom is -0.493 e. The lowest BCUT2D eigenvalue weighted by atomic mass is 9.86. The molecule has 0 aliphatic carbocycles. The molecule has 0 aromatic heterocycles. The first-order valence-electron chi connectivity index (χ1n) is 17.6. The molecule has 1 heterocycles. The number of rotatable bonds is 23. The molecule has 0 amide bonds. The Labute approximate surface area is 278 Å². The molecule has 9 heteroatoms. The topological polar surface area (TPSA) is 108 Å². The molecule has 1 aliphatic rings. The van der Waals surface area contributed by atoms with E-state index in [1.54, 1.807) is 0 Å². The van der Waals surface area contributed by atoms with Crippen LogP contribution in [0.15, 0.2) is 52.5 Å². The molecule has 0 unspecified atom stereocenters. The van der Waals surface area contributed by atoms with Crippen molar-refractivity contribution in [1.82, 2.24) is 4.83 Å². The largest absolute Gasteiger partial charge is 0.493 e. The van der Waals surface area contributed by atoms with E-state index < -0.39 is 21.4 Å². The van der Waals surface area contributed by atoms with Gasteiger partial charge in [-0.3, -0.25) is 0 Å². The maximum absolute atomic E-state index is 13.2. The van der Waals surface area contributed by atoms with Crippen LogP contribution >= 0.6 is 0 Å². The molecule has 0 spiro atoms. The first-order chi connectivity index (χ1) is 22.1. The van der Waals surface area contributed by atoms with Gasteiger partial charge in [-0.15, -0.1) is 0 Å². The van der Waals surface area contributed by atoms with Gasteiger partial charge in [0.05, 0.1) is 16.9 Å². The van der Waals surface area contributed by atoms with Crippen molar-refractivity contribution >= 4 is 27.5 Å². The summed E-state index contributed by atoms with van der Waals surface area (Å²) >= 11 is 0. The Morgan fingerprint density at radius 2 is 1.37 bits per heavy atom. The molecule has 2 aromatic rings. The van der Waals surface area contributed by atoms with Gasteiger partial charge in [-0.25, -0.2) is 4.79 Å². The number of hydrazone groups is 1. The van der Waals surface area contributed by atoms with Crippen molar-refractivity contribution in [3.63, 3.8) is 0 Å².